The first-order valence-corrected chi connectivity index (χ1v) is 8.23. The van der Waals surface area contributed by atoms with Gasteiger partial charge in [0.1, 0.15) is 5.82 Å². The van der Waals surface area contributed by atoms with Crippen molar-refractivity contribution in [3.05, 3.63) is 42.2 Å². The standard InChI is InChI=1S/C14H19FN2.C4H4O4/c1-16-12-6-7-14(16)10-17(9-8-12)13-4-2-11(15)3-5-13;5-3(6)1-2-4(7)8/h2-5,12,14H,6-10H2,1H3;1-2H,(H,5,6)(H,7,8)/b;2-1+. The minimum atomic E-state index is -1.26. The number of carbonyl (C=O) groups is 2. The van der Waals surface area contributed by atoms with Crippen LogP contribution in [-0.4, -0.2) is 59.3 Å². The molecule has 3 rings (SSSR count). The number of benzene rings is 1. The highest BCUT2D eigenvalue weighted by molar-refractivity contribution is 5.89. The molecule has 7 heteroatoms. The zero-order chi connectivity index (χ0) is 18.4. The van der Waals surface area contributed by atoms with Crippen molar-refractivity contribution in [2.75, 3.05) is 25.0 Å². The highest BCUT2D eigenvalue weighted by Gasteiger charge is 2.34. The van der Waals surface area contributed by atoms with Gasteiger partial charge in [0.05, 0.1) is 0 Å². The van der Waals surface area contributed by atoms with Gasteiger partial charge in [0, 0.05) is 43.0 Å². The predicted molar refractivity (Wildman–Crippen MR) is 92.2 cm³/mol. The summed E-state index contributed by atoms with van der Waals surface area (Å²) in [6.45, 7) is 2.18. The molecule has 2 heterocycles. The Balaban J connectivity index is 0.000000242. The maximum absolute atomic E-state index is 12.9. The quantitative estimate of drug-likeness (QED) is 0.814. The number of anilines is 1. The first-order valence-electron chi connectivity index (χ1n) is 8.23. The van der Waals surface area contributed by atoms with Crippen molar-refractivity contribution < 1.29 is 24.2 Å². The van der Waals surface area contributed by atoms with Crippen molar-refractivity contribution >= 4 is 17.6 Å². The lowest BCUT2D eigenvalue weighted by molar-refractivity contribution is -0.134. The molecule has 25 heavy (non-hydrogen) atoms. The van der Waals surface area contributed by atoms with Gasteiger partial charge in [0.15, 0.2) is 0 Å². The molecule has 2 saturated heterocycles. The van der Waals surface area contributed by atoms with Crippen LogP contribution in [0.4, 0.5) is 10.1 Å². The Morgan fingerprint density at radius 1 is 1.04 bits per heavy atom. The molecule has 2 atom stereocenters. The smallest absolute Gasteiger partial charge is 0.328 e. The van der Waals surface area contributed by atoms with E-state index in [-0.39, 0.29) is 5.82 Å². The van der Waals surface area contributed by atoms with E-state index in [1.807, 2.05) is 12.1 Å². The number of hydrogen-bond donors (Lipinski definition) is 2. The molecule has 2 fully saturated rings. The maximum atomic E-state index is 12.9. The molecule has 2 unspecified atom stereocenters. The minimum absolute atomic E-state index is 0.151. The molecule has 0 radical (unpaired) electrons. The molecule has 0 amide bonds. The Morgan fingerprint density at radius 2 is 1.60 bits per heavy atom. The Labute approximate surface area is 146 Å². The zero-order valence-corrected chi connectivity index (χ0v) is 14.1. The van der Waals surface area contributed by atoms with Gasteiger partial charge < -0.3 is 15.1 Å². The minimum Gasteiger partial charge on any atom is -0.478 e. The normalized spacial score (nSPS) is 23.0. The molecule has 1 aromatic carbocycles. The van der Waals surface area contributed by atoms with Gasteiger partial charge in [-0.05, 0) is 50.6 Å². The predicted octanol–water partition coefficient (Wildman–Crippen LogP) is 2.21. The number of halogens is 1. The lowest BCUT2D eigenvalue weighted by Crippen LogP contribution is -2.36. The number of nitrogens with zero attached hydrogens (tertiary/aromatic N) is 2. The van der Waals surface area contributed by atoms with Crippen molar-refractivity contribution in [1.82, 2.24) is 4.90 Å². The Bertz CT molecular complexity index is 616. The van der Waals surface area contributed by atoms with Crippen LogP contribution in [0.25, 0.3) is 0 Å². The van der Waals surface area contributed by atoms with E-state index in [9.17, 15) is 14.0 Å². The molecule has 0 spiro atoms. The van der Waals surface area contributed by atoms with Crippen molar-refractivity contribution in [2.24, 2.45) is 0 Å². The fourth-order valence-corrected chi connectivity index (χ4v) is 3.34. The van der Waals surface area contributed by atoms with E-state index in [2.05, 4.69) is 16.8 Å². The van der Waals surface area contributed by atoms with Crippen LogP contribution in [0.15, 0.2) is 36.4 Å². The molecular formula is C18H23FN2O4. The average Bonchev–Trinajstić information content (AvgIpc) is 2.80. The summed E-state index contributed by atoms with van der Waals surface area (Å²) in [5, 5.41) is 15.6. The van der Waals surface area contributed by atoms with Crippen LogP contribution in [0.2, 0.25) is 0 Å². The Hall–Kier alpha value is -2.41. The van der Waals surface area contributed by atoms with E-state index in [4.69, 9.17) is 10.2 Å². The summed E-state index contributed by atoms with van der Waals surface area (Å²) in [7, 11) is 2.25. The van der Waals surface area contributed by atoms with Gasteiger partial charge in [-0.15, -0.1) is 0 Å². The van der Waals surface area contributed by atoms with Crippen LogP contribution in [0, 0.1) is 5.82 Å². The molecule has 2 aliphatic rings. The third-order valence-corrected chi connectivity index (χ3v) is 4.71. The fraction of sp³-hybridized carbons (Fsp3) is 0.444. The first-order chi connectivity index (χ1) is 11.9. The number of fused-ring (bicyclic) bond motifs is 2. The number of hydrogen-bond acceptors (Lipinski definition) is 4. The van der Waals surface area contributed by atoms with Crippen molar-refractivity contribution in [2.45, 2.75) is 31.3 Å². The number of likely N-dealkylation sites (N-methyl/N-ethyl adjacent to an activating group) is 1. The summed E-state index contributed by atoms with van der Waals surface area (Å²) >= 11 is 0. The first kappa shape index (κ1) is 18.9. The molecule has 2 N–H and O–H groups in total. The van der Waals surface area contributed by atoms with Crippen molar-refractivity contribution in [3.63, 3.8) is 0 Å². The topological polar surface area (TPSA) is 81.1 Å². The maximum Gasteiger partial charge on any atom is 0.328 e. The van der Waals surface area contributed by atoms with E-state index in [0.717, 1.165) is 24.8 Å². The summed E-state index contributed by atoms with van der Waals surface area (Å²) < 4.78 is 12.9. The van der Waals surface area contributed by atoms with E-state index in [1.165, 1.54) is 19.3 Å². The summed E-state index contributed by atoms with van der Waals surface area (Å²) in [6.07, 6.45) is 4.99. The van der Waals surface area contributed by atoms with Crippen LogP contribution < -0.4 is 4.90 Å². The largest absolute Gasteiger partial charge is 0.478 e. The second-order valence-electron chi connectivity index (χ2n) is 6.27. The van der Waals surface area contributed by atoms with Gasteiger partial charge in [0.2, 0.25) is 0 Å². The molecule has 0 aromatic heterocycles. The molecule has 2 aliphatic heterocycles. The van der Waals surface area contributed by atoms with E-state index >= 15 is 0 Å². The summed E-state index contributed by atoms with van der Waals surface area (Å²) in [5.41, 5.74) is 1.16. The van der Waals surface area contributed by atoms with Gasteiger partial charge in [-0.1, -0.05) is 0 Å². The van der Waals surface area contributed by atoms with Gasteiger partial charge >= 0.3 is 11.9 Å². The van der Waals surface area contributed by atoms with Crippen LogP contribution >= 0.6 is 0 Å². The Morgan fingerprint density at radius 3 is 2.16 bits per heavy atom. The highest BCUT2D eigenvalue weighted by atomic mass is 19.1. The molecular weight excluding hydrogens is 327 g/mol. The van der Waals surface area contributed by atoms with E-state index in [0.29, 0.717) is 18.2 Å². The molecule has 0 aliphatic carbocycles. The van der Waals surface area contributed by atoms with Crippen molar-refractivity contribution in [3.8, 4) is 0 Å². The molecule has 2 bridgehead atoms. The van der Waals surface area contributed by atoms with Crippen molar-refractivity contribution in [1.29, 1.82) is 0 Å². The lowest BCUT2D eigenvalue weighted by atomic mass is 10.1. The van der Waals surface area contributed by atoms with Gasteiger partial charge in [-0.25, -0.2) is 14.0 Å². The fourth-order valence-electron chi connectivity index (χ4n) is 3.34. The number of aliphatic carboxylic acids is 2. The van der Waals surface area contributed by atoms with Gasteiger partial charge in [-0.2, -0.15) is 0 Å². The molecule has 1 aromatic rings. The second-order valence-corrected chi connectivity index (χ2v) is 6.27. The third-order valence-electron chi connectivity index (χ3n) is 4.71. The third kappa shape index (κ3) is 5.56. The molecule has 136 valence electrons. The van der Waals surface area contributed by atoms with Crippen LogP contribution in [0.3, 0.4) is 0 Å². The molecule has 0 saturated carbocycles. The van der Waals surface area contributed by atoms with E-state index in [1.54, 1.807) is 12.1 Å². The number of carboxylic acids is 2. The molecule has 6 nitrogen and oxygen atoms in total. The van der Waals surface area contributed by atoms with Gasteiger partial charge in [0.25, 0.3) is 0 Å². The number of carboxylic acid groups (broad SMARTS) is 2. The monoisotopic (exact) mass is 350 g/mol. The lowest BCUT2D eigenvalue weighted by Gasteiger charge is -2.27. The zero-order valence-electron chi connectivity index (χ0n) is 14.1. The van der Waals surface area contributed by atoms with Crippen LogP contribution in [0.5, 0.6) is 0 Å². The highest BCUT2D eigenvalue weighted by Crippen LogP contribution is 2.30. The van der Waals surface area contributed by atoms with Gasteiger partial charge in [-0.3, -0.25) is 4.90 Å². The summed E-state index contributed by atoms with van der Waals surface area (Å²) in [6, 6.07) is 8.34. The van der Waals surface area contributed by atoms with E-state index < -0.39 is 11.9 Å². The van der Waals surface area contributed by atoms with Crippen LogP contribution in [0.1, 0.15) is 19.3 Å². The average molecular weight is 350 g/mol. The Kier molecular flexibility index (Phi) is 6.52. The summed E-state index contributed by atoms with van der Waals surface area (Å²) in [4.78, 5) is 24.0. The van der Waals surface area contributed by atoms with Crippen LogP contribution in [-0.2, 0) is 9.59 Å². The SMILES string of the molecule is CN1C2CCC1CN(c1ccc(F)cc1)CC2.O=C(O)/C=C/C(=O)O. The summed E-state index contributed by atoms with van der Waals surface area (Å²) in [5.74, 6) is -2.66. The number of rotatable bonds is 3. The second kappa shape index (κ2) is 8.62.